The third kappa shape index (κ3) is 4.53. The minimum absolute atomic E-state index is 0.0932. The molecule has 2 aromatic carbocycles. The van der Waals surface area contributed by atoms with Crippen LogP contribution in [0.4, 0.5) is 17.2 Å². The summed E-state index contributed by atoms with van der Waals surface area (Å²) in [7, 11) is 0. The van der Waals surface area contributed by atoms with Gasteiger partial charge in [-0.3, -0.25) is 14.9 Å². The molecule has 1 unspecified atom stereocenters. The van der Waals surface area contributed by atoms with Crippen molar-refractivity contribution in [3.8, 4) is 11.3 Å². The van der Waals surface area contributed by atoms with Crippen molar-refractivity contribution in [1.29, 1.82) is 0 Å². The lowest BCUT2D eigenvalue weighted by atomic mass is 9.96. The number of hydrogen-bond donors (Lipinski definition) is 1. The Morgan fingerprint density at radius 1 is 1.16 bits per heavy atom. The van der Waals surface area contributed by atoms with E-state index in [1.807, 2.05) is 36.4 Å². The largest absolute Gasteiger partial charge is 0.356 e. The van der Waals surface area contributed by atoms with E-state index in [1.54, 1.807) is 19.1 Å². The zero-order valence-corrected chi connectivity index (χ0v) is 17.2. The number of amides is 1. The molecule has 31 heavy (non-hydrogen) atoms. The van der Waals surface area contributed by atoms with E-state index in [1.165, 1.54) is 12.4 Å². The summed E-state index contributed by atoms with van der Waals surface area (Å²) in [4.78, 5) is 34.7. The minimum atomic E-state index is -0.470. The van der Waals surface area contributed by atoms with Gasteiger partial charge in [-0.1, -0.05) is 42.5 Å². The van der Waals surface area contributed by atoms with Crippen LogP contribution in [0.15, 0.2) is 60.9 Å². The zero-order valence-electron chi connectivity index (χ0n) is 17.2. The highest BCUT2D eigenvalue weighted by Gasteiger charge is 2.28. The van der Waals surface area contributed by atoms with E-state index in [2.05, 4.69) is 20.2 Å². The van der Waals surface area contributed by atoms with Crippen molar-refractivity contribution in [2.24, 2.45) is 5.92 Å². The number of nitro benzene ring substituents is 1. The van der Waals surface area contributed by atoms with Gasteiger partial charge < -0.3 is 10.2 Å². The molecule has 8 nitrogen and oxygen atoms in total. The van der Waals surface area contributed by atoms with Crippen molar-refractivity contribution in [2.75, 3.05) is 23.3 Å². The molecule has 1 aliphatic rings. The van der Waals surface area contributed by atoms with Gasteiger partial charge in [-0.05, 0) is 25.3 Å². The van der Waals surface area contributed by atoms with Crippen LogP contribution in [0, 0.1) is 23.0 Å². The van der Waals surface area contributed by atoms with Gasteiger partial charge in [0.15, 0.2) is 0 Å². The van der Waals surface area contributed by atoms with Crippen LogP contribution in [0.3, 0.4) is 0 Å². The van der Waals surface area contributed by atoms with E-state index >= 15 is 0 Å². The Morgan fingerprint density at radius 2 is 1.97 bits per heavy atom. The number of rotatable bonds is 5. The van der Waals surface area contributed by atoms with Crippen LogP contribution in [0.1, 0.15) is 18.4 Å². The SMILES string of the molecule is Cc1cccc([N+](=O)[O-])c1NC(=O)C1CCCN(c2cc(-c3ccccc3)ncn2)C1. The number of nitrogens with one attached hydrogen (secondary N) is 1. The standard InChI is InChI=1S/C23H23N5O3/c1-16-7-5-11-20(28(30)31)22(16)26-23(29)18-10-6-12-27(14-18)21-13-19(24-15-25-21)17-8-3-2-4-9-17/h2-5,7-9,11,13,15,18H,6,10,12,14H2,1H3,(H,26,29). The molecule has 1 aliphatic heterocycles. The Kier molecular flexibility index (Phi) is 5.88. The second-order valence-electron chi connectivity index (χ2n) is 7.63. The summed E-state index contributed by atoms with van der Waals surface area (Å²) in [6, 6.07) is 16.6. The highest BCUT2D eigenvalue weighted by atomic mass is 16.6. The van der Waals surface area contributed by atoms with Crippen molar-refractivity contribution in [1.82, 2.24) is 9.97 Å². The number of hydrogen-bond acceptors (Lipinski definition) is 6. The lowest BCUT2D eigenvalue weighted by Crippen LogP contribution is -2.41. The fourth-order valence-electron chi connectivity index (χ4n) is 3.88. The first-order valence-corrected chi connectivity index (χ1v) is 10.2. The fourth-order valence-corrected chi connectivity index (χ4v) is 3.88. The van der Waals surface area contributed by atoms with Crippen molar-refractivity contribution in [2.45, 2.75) is 19.8 Å². The molecule has 0 spiro atoms. The van der Waals surface area contributed by atoms with Crippen molar-refractivity contribution in [3.63, 3.8) is 0 Å². The van der Waals surface area contributed by atoms with Crippen LogP contribution < -0.4 is 10.2 Å². The van der Waals surface area contributed by atoms with Gasteiger partial charge in [0.25, 0.3) is 5.69 Å². The molecule has 1 N–H and O–H groups in total. The van der Waals surface area contributed by atoms with Crippen LogP contribution in [-0.2, 0) is 4.79 Å². The molecule has 158 valence electrons. The molecule has 0 radical (unpaired) electrons. The van der Waals surface area contributed by atoms with Crippen molar-refractivity contribution in [3.05, 3.63) is 76.6 Å². The van der Waals surface area contributed by atoms with Crippen LogP contribution in [0.25, 0.3) is 11.3 Å². The highest BCUT2D eigenvalue weighted by Crippen LogP contribution is 2.30. The van der Waals surface area contributed by atoms with E-state index in [4.69, 9.17) is 0 Å². The summed E-state index contributed by atoms with van der Waals surface area (Å²) >= 11 is 0. The Bertz CT molecular complexity index is 1100. The Hall–Kier alpha value is -3.81. The van der Waals surface area contributed by atoms with Gasteiger partial charge in [-0.15, -0.1) is 0 Å². The van der Waals surface area contributed by atoms with E-state index in [0.29, 0.717) is 12.1 Å². The third-order valence-electron chi connectivity index (χ3n) is 5.53. The number of anilines is 2. The number of carbonyl (C=O) groups excluding carboxylic acids is 1. The molecule has 1 aromatic heterocycles. The number of piperidine rings is 1. The summed E-state index contributed by atoms with van der Waals surface area (Å²) in [6.07, 6.45) is 3.09. The van der Waals surface area contributed by atoms with Crippen LogP contribution in [-0.4, -0.2) is 33.9 Å². The average molecular weight is 417 g/mol. The van der Waals surface area contributed by atoms with Gasteiger partial charge >= 0.3 is 0 Å². The summed E-state index contributed by atoms with van der Waals surface area (Å²) in [5, 5.41) is 14.1. The highest BCUT2D eigenvalue weighted by molar-refractivity contribution is 5.96. The van der Waals surface area contributed by atoms with Gasteiger partial charge in [0.2, 0.25) is 5.91 Å². The molecule has 0 bridgehead atoms. The molecule has 3 aromatic rings. The predicted molar refractivity (Wildman–Crippen MR) is 119 cm³/mol. The summed E-state index contributed by atoms with van der Waals surface area (Å²) in [5.74, 6) is 0.274. The van der Waals surface area contributed by atoms with Crippen LogP contribution >= 0.6 is 0 Å². The first-order chi connectivity index (χ1) is 15.0. The van der Waals surface area contributed by atoms with Gasteiger partial charge in [-0.2, -0.15) is 0 Å². The monoisotopic (exact) mass is 417 g/mol. The first kappa shape index (κ1) is 20.5. The van der Waals surface area contributed by atoms with Crippen molar-refractivity contribution >= 4 is 23.1 Å². The van der Waals surface area contributed by atoms with E-state index in [0.717, 1.165) is 36.5 Å². The maximum absolute atomic E-state index is 13.0. The molecule has 1 saturated heterocycles. The quantitative estimate of drug-likeness (QED) is 0.493. The maximum atomic E-state index is 13.0. The molecule has 1 fully saturated rings. The summed E-state index contributed by atoms with van der Waals surface area (Å²) in [5.41, 5.74) is 2.67. The molecule has 8 heteroatoms. The van der Waals surface area contributed by atoms with Gasteiger partial charge in [0.05, 0.1) is 16.5 Å². The molecular weight excluding hydrogens is 394 g/mol. The molecule has 2 heterocycles. The number of nitro groups is 1. The van der Waals surface area contributed by atoms with Gasteiger partial charge in [-0.25, -0.2) is 9.97 Å². The minimum Gasteiger partial charge on any atom is -0.356 e. The van der Waals surface area contributed by atoms with Crippen molar-refractivity contribution < 1.29 is 9.72 Å². The van der Waals surface area contributed by atoms with Gasteiger partial charge in [0, 0.05) is 30.8 Å². The number of nitrogens with zero attached hydrogens (tertiary/aromatic N) is 4. The molecule has 0 aliphatic carbocycles. The second-order valence-corrected chi connectivity index (χ2v) is 7.63. The Morgan fingerprint density at radius 3 is 2.74 bits per heavy atom. The fraction of sp³-hybridized carbons (Fsp3) is 0.261. The molecule has 0 saturated carbocycles. The number of para-hydroxylation sites is 1. The first-order valence-electron chi connectivity index (χ1n) is 10.2. The number of aryl methyl sites for hydroxylation is 1. The van der Waals surface area contributed by atoms with Crippen LogP contribution in [0.5, 0.6) is 0 Å². The maximum Gasteiger partial charge on any atom is 0.293 e. The second kappa shape index (κ2) is 8.91. The molecule has 1 amide bonds. The number of benzene rings is 2. The lowest BCUT2D eigenvalue weighted by molar-refractivity contribution is -0.384. The summed E-state index contributed by atoms with van der Waals surface area (Å²) in [6.45, 7) is 3.04. The predicted octanol–water partition coefficient (Wildman–Crippen LogP) is 4.22. The van der Waals surface area contributed by atoms with E-state index in [9.17, 15) is 14.9 Å². The number of carbonyl (C=O) groups is 1. The van der Waals surface area contributed by atoms with Crippen LogP contribution in [0.2, 0.25) is 0 Å². The molecular formula is C23H23N5O3. The van der Waals surface area contributed by atoms with E-state index in [-0.39, 0.29) is 23.2 Å². The molecule has 1 atom stereocenters. The molecule has 4 rings (SSSR count). The normalized spacial score (nSPS) is 16.0. The summed E-state index contributed by atoms with van der Waals surface area (Å²) < 4.78 is 0. The van der Waals surface area contributed by atoms with Gasteiger partial charge in [0.1, 0.15) is 17.8 Å². The lowest BCUT2D eigenvalue weighted by Gasteiger charge is -2.33. The topological polar surface area (TPSA) is 101 Å². The Labute approximate surface area is 180 Å². The van der Waals surface area contributed by atoms with E-state index < -0.39 is 4.92 Å². The number of aromatic nitrogens is 2. The third-order valence-corrected chi connectivity index (χ3v) is 5.53. The Balaban J connectivity index is 1.51. The zero-order chi connectivity index (χ0) is 21.8. The average Bonchev–Trinajstić information content (AvgIpc) is 2.81. The smallest absolute Gasteiger partial charge is 0.293 e.